The number of hydrogen-bond donors (Lipinski definition) is 0. The Balaban J connectivity index is 2.36. The van der Waals surface area contributed by atoms with Crippen molar-refractivity contribution in [2.45, 2.75) is 32.2 Å². The quantitative estimate of drug-likeness (QED) is 0.645. The molecule has 1 aliphatic rings. The molecule has 13 heavy (non-hydrogen) atoms. The molecule has 0 aliphatic heterocycles. The van der Waals surface area contributed by atoms with Crippen LogP contribution in [0.15, 0.2) is 11.1 Å². The lowest BCUT2D eigenvalue weighted by molar-refractivity contribution is 0.147. The van der Waals surface area contributed by atoms with E-state index >= 15 is 0 Å². The van der Waals surface area contributed by atoms with E-state index in [1.807, 2.05) is 0 Å². The highest BCUT2D eigenvalue weighted by Gasteiger charge is 2.24. The summed E-state index contributed by atoms with van der Waals surface area (Å²) in [5.41, 5.74) is 2.89. The Morgan fingerprint density at radius 2 is 2.23 bits per heavy atom. The highest BCUT2D eigenvalue weighted by Crippen LogP contribution is 2.25. The van der Waals surface area contributed by atoms with Crippen molar-refractivity contribution >= 4 is 23.2 Å². The highest BCUT2D eigenvalue weighted by atomic mass is 35.5. The summed E-state index contributed by atoms with van der Waals surface area (Å²) in [7, 11) is 0. The van der Waals surface area contributed by atoms with Gasteiger partial charge in [0.15, 0.2) is 0 Å². The van der Waals surface area contributed by atoms with Crippen LogP contribution >= 0.6 is 23.2 Å². The first-order valence-electron chi connectivity index (χ1n) is 4.83. The van der Waals surface area contributed by atoms with Crippen molar-refractivity contribution in [2.24, 2.45) is 0 Å². The van der Waals surface area contributed by atoms with Gasteiger partial charge in [0.05, 0.1) is 0 Å². The molecule has 0 atom stereocenters. The summed E-state index contributed by atoms with van der Waals surface area (Å²) in [5, 5.41) is 0. The van der Waals surface area contributed by atoms with Gasteiger partial charge in [-0.3, -0.25) is 4.90 Å². The van der Waals surface area contributed by atoms with Crippen LogP contribution in [0, 0.1) is 0 Å². The first kappa shape index (κ1) is 11.4. The molecule has 3 heteroatoms. The molecule has 0 amide bonds. The summed E-state index contributed by atoms with van der Waals surface area (Å²) in [6.45, 7) is 4.02. The van der Waals surface area contributed by atoms with E-state index in [-0.39, 0.29) is 0 Å². The lowest BCUT2D eigenvalue weighted by Crippen LogP contribution is -2.42. The van der Waals surface area contributed by atoms with E-state index in [9.17, 15) is 0 Å². The maximum Gasteiger partial charge on any atom is 0.0351 e. The molecule has 0 heterocycles. The Hall–Kier alpha value is 0.280. The van der Waals surface area contributed by atoms with E-state index in [1.165, 1.54) is 24.8 Å². The van der Waals surface area contributed by atoms with Gasteiger partial charge in [0.25, 0.3) is 0 Å². The molecule has 0 N–H and O–H groups in total. The summed E-state index contributed by atoms with van der Waals surface area (Å²) in [5.74, 6) is 0.714. The molecule has 1 rings (SSSR count). The summed E-state index contributed by atoms with van der Waals surface area (Å²) in [6, 6.07) is 0.755. The summed E-state index contributed by atoms with van der Waals surface area (Å²) < 4.78 is 0. The molecule has 0 aromatic rings. The third kappa shape index (κ3) is 3.49. The largest absolute Gasteiger partial charge is 0.295 e. The first-order chi connectivity index (χ1) is 6.27. The Bertz CT molecular complexity index is 176. The summed E-state index contributed by atoms with van der Waals surface area (Å²) >= 11 is 11.4. The minimum atomic E-state index is 0.714. The van der Waals surface area contributed by atoms with Gasteiger partial charge in [0.2, 0.25) is 0 Å². The number of rotatable bonds is 5. The SMILES string of the molecule is CC(=CCl)CN(CCCl)C1CCC1. The van der Waals surface area contributed by atoms with Crippen molar-refractivity contribution in [1.29, 1.82) is 0 Å². The third-order valence-electron chi connectivity index (χ3n) is 2.60. The molecule has 1 saturated carbocycles. The van der Waals surface area contributed by atoms with Crippen LogP contribution in [0.1, 0.15) is 26.2 Å². The van der Waals surface area contributed by atoms with Crippen LogP contribution in [-0.2, 0) is 0 Å². The molecule has 0 aromatic heterocycles. The molecule has 0 spiro atoms. The van der Waals surface area contributed by atoms with E-state index in [1.54, 1.807) is 5.54 Å². The fourth-order valence-corrected chi connectivity index (χ4v) is 1.89. The van der Waals surface area contributed by atoms with Crippen molar-refractivity contribution in [1.82, 2.24) is 4.90 Å². The van der Waals surface area contributed by atoms with E-state index in [0.29, 0.717) is 5.88 Å². The van der Waals surface area contributed by atoms with Gasteiger partial charge < -0.3 is 0 Å². The molecule has 1 nitrogen and oxygen atoms in total. The lowest BCUT2D eigenvalue weighted by Gasteiger charge is -2.37. The van der Waals surface area contributed by atoms with Crippen molar-refractivity contribution in [3.63, 3.8) is 0 Å². The monoisotopic (exact) mass is 221 g/mol. The standard InChI is InChI=1S/C10H17Cl2N/c1-9(7-12)8-13(6-5-11)10-3-2-4-10/h7,10H,2-6,8H2,1H3. The first-order valence-corrected chi connectivity index (χ1v) is 5.81. The van der Waals surface area contributed by atoms with Gasteiger partial charge in [-0.05, 0) is 25.3 Å². The smallest absolute Gasteiger partial charge is 0.0351 e. The van der Waals surface area contributed by atoms with Gasteiger partial charge in [-0.15, -0.1) is 11.6 Å². The second-order valence-electron chi connectivity index (χ2n) is 3.70. The van der Waals surface area contributed by atoms with Crippen LogP contribution in [-0.4, -0.2) is 29.9 Å². The van der Waals surface area contributed by atoms with Gasteiger partial charge >= 0.3 is 0 Å². The van der Waals surface area contributed by atoms with Gasteiger partial charge in [-0.25, -0.2) is 0 Å². The van der Waals surface area contributed by atoms with Crippen LogP contribution < -0.4 is 0 Å². The highest BCUT2D eigenvalue weighted by molar-refractivity contribution is 6.25. The molecular formula is C10H17Cl2N. The topological polar surface area (TPSA) is 3.24 Å². The van der Waals surface area contributed by atoms with Crippen molar-refractivity contribution in [3.05, 3.63) is 11.1 Å². The van der Waals surface area contributed by atoms with Gasteiger partial charge in [-0.1, -0.05) is 18.0 Å². The molecule has 1 fully saturated rings. The minimum Gasteiger partial charge on any atom is -0.295 e. The second kappa shape index (κ2) is 5.90. The van der Waals surface area contributed by atoms with Crippen molar-refractivity contribution < 1.29 is 0 Å². The van der Waals surface area contributed by atoms with E-state index in [4.69, 9.17) is 23.2 Å². The van der Waals surface area contributed by atoms with Crippen LogP contribution in [0.2, 0.25) is 0 Å². The van der Waals surface area contributed by atoms with E-state index in [0.717, 1.165) is 19.1 Å². The average Bonchev–Trinajstić information content (AvgIpc) is 2.01. The Kier molecular flexibility index (Phi) is 5.15. The number of halogens is 2. The normalized spacial score (nSPS) is 19.2. The third-order valence-corrected chi connectivity index (χ3v) is 3.14. The van der Waals surface area contributed by atoms with Gasteiger partial charge in [-0.2, -0.15) is 0 Å². The molecule has 0 aromatic carbocycles. The fourth-order valence-electron chi connectivity index (χ4n) is 1.61. The van der Waals surface area contributed by atoms with Crippen molar-refractivity contribution in [3.8, 4) is 0 Å². The lowest BCUT2D eigenvalue weighted by atomic mass is 9.91. The fraction of sp³-hybridized carbons (Fsp3) is 0.800. The predicted octanol–water partition coefficient (Wildman–Crippen LogP) is 3.22. The molecule has 0 radical (unpaired) electrons. The zero-order valence-corrected chi connectivity index (χ0v) is 9.61. The zero-order chi connectivity index (χ0) is 9.68. The number of alkyl halides is 1. The molecule has 0 unspecified atom stereocenters. The second-order valence-corrected chi connectivity index (χ2v) is 4.30. The van der Waals surface area contributed by atoms with Crippen molar-refractivity contribution in [2.75, 3.05) is 19.0 Å². The molecular weight excluding hydrogens is 205 g/mol. The summed E-state index contributed by atoms with van der Waals surface area (Å²) in [4.78, 5) is 2.44. The van der Waals surface area contributed by atoms with Gasteiger partial charge in [0, 0.05) is 30.5 Å². The Morgan fingerprint density at radius 3 is 2.62 bits per heavy atom. The molecule has 0 bridgehead atoms. The Labute approximate surface area is 90.7 Å². The maximum atomic E-state index is 5.75. The predicted molar refractivity (Wildman–Crippen MR) is 59.5 cm³/mol. The van der Waals surface area contributed by atoms with Crippen LogP contribution in [0.5, 0.6) is 0 Å². The average molecular weight is 222 g/mol. The number of hydrogen-bond acceptors (Lipinski definition) is 1. The number of nitrogens with zero attached hydrogens (tertiary/aromatic N) is 1. The molecule has 76 valence electrons. The van der Waals surface area contributed by atoms with E-state index < -0.39 is 0 Å². The van der Waals surface area contributed by atoms with Crippen LogP contribution in [0.25, 0.3) is 0 Å². The van der Waals surface area contributed by atoms with Crippen LogP contribution in [0.3, 0.4) is 0 Å². The zero-order valence-electron chi connectivity index (χ0n) is 8.10. The minimum absolute atomic E-state index is 0.714. The molecule has 1 aliphatic carbocycles. The maximum absolute atomic E-state index is 5.75. The molecule has 0 saturated heterocycles. The van der Waals surface area contributed by atoms with Crippen LogP contribution in [0.4, 0.5) is 0 Å². The van der Waals surface area contributed by atoms with Gasteiger partial charge in [0.1, 0.15) is 0 Å². The summed E-state index contributed by atoms with van der Waals surface area (Å²) in [6.07, 6.45) is 4.02. The Morgan fingerprint density at radius 1 is 1.54 bits per heavy atom. The van der Waals surface area contributed by atoms with E-state index in [2.05, 4.69) is 11.8 Å².